The van der Waals surface area contributed by atoms with Crippen molar-refractivity contribution >= 4 is 6.21 Å². The lowest BCUT2D eigenvalue weighted by Gasteiger charge is -2.17. The maximum Gasteiger partial charge on any atom is 0.0990 e. The van der Waals surface area contributed by atoms with E-state index in [-0.39, 0.29) is 0 Å². The van der Waals surface area contributed by atoms with Crippen LogP contribution in [0.1, 0.15) is 116 Å². The molecule has 0 radical (unpaired) electrons. The summed E-state index contributed by atoms with van der Waals surface area (Å²) < 4.78 is 0. The number of unbranched alkanes of at least 4 members (excludes halogenated alkanes) is 14. The first-order valence-electron chi connectivity index (χ1n) is 10.7. The van der Waals surface area contributed by atoms with Gasteiger partial charge in [-0.25, -0.2) is 0 Å². The molecule has 0 amide bonds. The summed E-state index contributed by atoms with van der Waals surface area (Å²) in [4.78, 5) is 4.50. The molecule has 136 valence electrons. The molecule has 0 spiro atoms. The van der Waals surface area contributed by atoms with Crippen molar-refractivity contribution in [3.63, 3.8) is 0 Å². The van der Waals surface area contributed by atoms with E-state index in [0.29, 0.717) is 6.17 Å². The van der Waals surface area contributed by atoms with Gasteiger partial charge >= 0.3 is 0 Å². The fourth-order valence-electron chi connectivity index (χ4n) is 3.45. The zero-order valence-corrected chi connectivity index (χ0v) is 15.8. The van der Waals surface area contributed by atoms with Gasteiger partial charge < -0.3 is 0 Å². The Balaban J connectivity index is 1.68. The molecule has 2 nitrogen and oxygen atoms in total. The molecule has 1 unspecified atom stereocenters. The van der Waals surface area contributed by atoms with E-state index in [2.05, 4.69) is 23.4 Å². The van der Waals surface area contributed by atoms with Crippen molar-refractivity contribution < 1.29 is 0 Å². The van der Waals surface area contributed by atoms with E-state index in [0.717, 1.165) is 13.0 Å². The summed E-state index contributed by atoms with van der Waals surface area (Å²) >= 11 is 0. The summed E-state index contributed by atoms with van der Waals surface area (Å²) in [5.74, 6) is 0. The summed E-state index contributed by atoms with van der Waals surface area (Å²) in [6, 6.07) is 0. The molecule has 2 heteroatoms. The molecule has 1 atom stereocenters. The third-order valence-electron chi connectivity index (χ3n) is 5.02. The van der Waals surface area contributed by atoms with Crippen molar-refractivity contribution in [3.05, 3.63) is 0 Å². The second-order valence-corrected chi connectivity index (χ2v) is 7.33. The number of nitrogens with one attached hydrogen (secondary N) is 1. The third-order valence-corrected chi connectivity index (χ3v) is 5.02. The van der Waals surface area contributed by atoms with Crippen LogP contribution in [0.15, 0.2) is 4.99 Å². The smallest absolute Gasteiger partial charge is 0.0990 e. The minimum Gasteiger partial charge on any atom is -0.295 e. The van der Waals surface area contributed by atoms with Crippen LogP contribution >= 0.6 is 0 Å². The van der Waals surface area contributed by atoms with Gasteiger partial charge in [0.2, 0.25) is 0 Å². The second-order valence-electron chi connectivity index (χ2n) is 7.33. The normalized spacial score (nSPS) is 17.7. The highest BCUT2D eigenvalue weighted by Crippen LogP contribution is 2.14. The summed E-state index contributed by atoms with van der Waals surface area (Å²) in [5, 5.41) is 3.47. The summed E-state index contributed by atoms with van der Waals surface area (Å²) in [6.07, 6.45) is 26.5. The average molecular weight is 323 g/mol. The lowest BCUT2D eigenvalue weighted by Crippen LogP contribution is -2.31. The van der Waals surface area contributed by atoms with Crippen molar-refractivity contribution in [2.24, 2.45) is 4.99 Å². The van der Waals surface area contributed by atoms with Gasteiger partial charge in [0, 0.05) is 12.8 Å². The third kappa shape index (κ3) is 13.7. The van der Waals surface area contributed by atoms with Crippen molar-refractivity contribution in [1.29, 1.82) is 0 Å². The van der Waals surface area contributed by atoms with E-state index in [1.54, 1.807) is 0 Å². The highest BCUT2D eigenvalue weighted by atomic mass is 15.1. The van der Waals surface area contributed by atoms with Gasteiger partial charge in [-0.15, -0.1) is 0 Å². The Kier molecular flexibility index (Phi) is 14.8. The molecular weight excluding hydrogens is 280 g/mol. The average Bonchev–Trinajstić information content (AvgIpc) is 2.59. The summed E-state index contributed by atoms with van der Waals surface area (Å²) in [5.41, 5.74) is 0. The van der Waals surface area contributed by atoms with Crippen molar-refractivity contribution in [2.75, 3.05) is 6.54 Å². The van der Waals surface area contributed by atoms with Crippen molar-refractivity contribution in [2.45, 2.75) is 122 Å². The second kappa shape index (κ2) is 16.5. The predicted octanol–water partition coefficient (Wildman–Crippen LogP) is 6.64. The molecule has 0 aromatic heterocycles. The van der Waals surface area contributed by atoms with Gasteiger partial charge in [-0.3, -0.25) is 10.3 Å². The minimum atomic E-state index is 0.422. The number of aliphatic imine (C=N–C) groups is 1. The SMILES string of the molecule is CCCCCCCCCCCCCCCCCC1N=CCCN1. The van der Waals surface area contributed by atoms with Crippen LogP contribution in [0.4, 0.5) is 0 Å². The van der Waals surface area contributed by atoms with Crippen LogP contribution < -0.4 is 5.32 Å². The van der Waals surface area contributed by atoms with E-state index in [1.165, 1.54) is 103 Å². The molecule has 1 rings (SSSR count). The van der Waals surface area contributed by atoms with Gasteiger partial charge in [0.15, 0.2) is 0 Å². The fourth-order valence-corrected chi connectivity index (χ4v) is 3.45. The van der Waals surface area contributed by atoms with Crippen LogP contribution in [-0.2, 0) is 0 Å². The molecule has 23 heavy (non-hydrogen) atoms. The Hall–Kier alpha value is -0.370. The largest absolute Gasteiger partial charge is 0.295 e. The molecule has 0 fully saturated rings. The van der Waals surface area contributed by atoms with Crippen LogP contribution in [0, 0.1) is 0 Å². The van der Waals surface area contributed by atoms with Crippen LogP contribution in [-0.4, -0.2) is 18.9 Å². The number of rotatable bonds is 16. The van der Waals surface area contributed by atoms with Gasteiger partial charge in [0.1, 0.15) is 0 Å². The Bertz CT molecular complexity index is 263. The van der Waals surface area contributed by atoms with E-state index in [4.69, 9.17) is 0 Å². The van der Waals surface area contributed by atoms with Gasteiger partial charge in [-0.2, -0.15) is 0 Å². The van der Waals surface area contributed by atoms with Crippen LogP contribution in [0.5, 0.6) is 0 Å². The zero-order chi connectivity index (χ0) is 16.4. The molecule has 0 bridgehead atoms. The van der Waals surface area contributed by atoms with E-state index in [9.17, 15) is 0 Å². The molecule has 0 aromatic rings. The minimum absolute atomic E-state index is 0.422. The molecule has 1 heterocycles. The lowest BCUT2D eigenvalue weighted by atomic mass is 10.0. The molecule has 0 aliphatic carbocycles. The van der Waals surface area contributed by atoms with Gasteiger partial charge in [0.25, 0.3) is 0 Å². The number of hydrogen-bond acceptors (Lipinski definition) is 2. The molecule has 1 aliphatic rings. The summed E-state index contributed by atoms with van der Waals surface area (Å²) in [6.45, 7) is 3.41. The molecule has 0 saturated heterocycles. The molecular formula is C21H42N2. The van der Waals surface area contributed by atoms with Crippen molar-refractivity contribution in [1.82, 2.24) is 5.32 Å². The van der Waals surface area contributed by atoms with Crippen LogP contribution in [0.2, 0.25) is 0 Å². The van der Waals surface area contributed by atoms with Gasteiger partial charge in [0.05, 0.1) is 6.17 Å². The number of hydrogen-bond donors (Lipinski definition) is 1. The van der Waals surface area contributed by atoms with E-state index < -0.39 is 0 Å². The first-order chi connectivity index (χ1) is 11.4. The molecule has 0 aromatic carbocycles. The highest BCUT2D eigenvalue weighted by molar-refractivity contribution is 5.58. The topological polar surface area (TPSA) is 24.4 Å². The van der Waals surface area contributed by atoms with Crippen LogP contribution in [0.3, 0.4) is 0 Å². The molecule has 0 saturated carbocycles. The standard InChI is InChI=1S/C21H42N2/c1-2-3-4-5-6-7-8-9-10-11-12-13-14-15-16-18-21-22-19-17-20-23-21/h19,21,23H,2-18,20H2,1H3. The molecule has 1 N–H and O–H groups in total. The highest BCUT2D eigenvalue weighted by Gasteiger charge is 2.06. The maximum atomic E-state index is 4.50. The van der Waals surface area contributed by atoms with Crippen LogP contribution in [0.25, 0.3) is 0 Å². The summed E-state index contributed by atoms with van der Waals surface area (Å²) in [7, 11) is 0. The Morgan fingerprint density at radius 3 is 1.65 bits per heavy atom. The van der Waals surface area contributed by atoms with Crippen molar-refractivity contribution in [3.8, 4) is 0 Å². The van der Waals surface area contributed by atoms with E-state index >= 15 is 0 Å². The number of nitrogens with zero attached hydrogens (tertiary/aromatic N) is 1. The fraction of sp³-hybridized carbons (Fsp3) is 0.952. The quantitative estimate of drug-likeness (QED) is 0.316. The Labute approximate surface area is 145 Å². The Morgan fingerprint density at radius 2 is 1.22 bits per heavy atom. The van der Waals surface area contributed by atoms with E-state index in [1.807, 2.05) is 0 Å². The lowest BCUT2D eigenvalue weighted by molar-refractivity contribution is 0.459. The first kappa shape index (κ1) is 20.7. The predicted molar refractivity (Wildman–Crippen MR) is 104 cm³/mol. The monoisotopic (exact) mass is 322 g/mol. The molecule has 1 aliphatic heterocycles. The maximum absolute atomic E-state index is 4.50. The zero-order valence-electron chi connectivity index (χ0n) is 15.8. The first-order valence-corrected chi connectivity index (χ1v) is 10.7. The van der Waals surface area contributed by atoms with Gasteiger partial charge in [-0.05, 0) is 19.3 Å². The Morgan fingerprint density at radius 1 is 0.739 bits per heavy atom. The van der Waals surface area contributed by atoms with Gasteiger partial charge in [-0.1, -0.05) is 96.8 Å².